The van der Waals surface area contributed by atoms with Crippen molar-refractivity contribution in [2.75, 3.05) is 33.2 Å². The van der Waals surface area contributed by atoms with Crippen LogP contribution in [-0.2, 0) is 21.5 Å². The summed E-state index contributed by atoms with van der Waals surface area (Å²) in [7, 11) is 2.05. The summed E-state index contributed by atoms with van der Waals surface area (Å²) < 4.78 is 0. The molecule has 7 heteroatoms. The minimum absolute atomic E-state index is 0.0375. The van der Waals surface area contributed by atoms with Gasteiger partial charge in [-0.3, -0.25) is 14.5 Å². The van der Waals surface area contributed by atoms with Gasteiger partial charge < -0.3 is 14.8 Å². The zero-order valence-corrected chi connectivity index (χ0v) is 16.1. The molecule has 4 heterocycles. The van der Waals surface area contributed by atoms with Crippen molar-refractivity contribution in [1.29, 1.82) is 0 Å². The van der Waals surface area contributed by atoms with Crippen LogP contribution in [0.4, 0.5) is 0 Å². The largest absolute Gasteiger partial charge is 0.348 e. The summed E-state index contributed by atoms with van der Waals surface area (Å²) in [4.78, 5) is 40.3. The zero-order chi connectivity index (χ0) is 18.6. The number of fused-ring (bicyclic) bond motifs is 2. The number of piperidine rings is 1. The van der Waals surface area contributed by atoms with E-state index < -0.39 is 0 Å². The number of carbonyl (C=O) groups excluding carboxylic acids is 2. The Morgan fingerprint density at radius 3 is 2.56 bits per heavy atom. The molecule has 2 amide bonds. The summed E-state index contributed by atoms with van der Waals surface area (Å²) in [6.45, 7) is 3.20. The maximum atomic E-state index is 13.0. The number of hydrogen-bond donors (Lipinski definition) is 1. The maximum Gasteiger partial charge on any atom is 0.239 e. The van der Waals surface area contributed by atoms with E-state index in [2.05, 4.69) is 19.8 Å². The molecule has 1 aromatic rings. The third-order valence-corrected chi connectivity index (χ3v) is 7.16. The van der Waals surface area contributed by atoms with Gasteiger partial charge in [0, 0.05) is 37.7 Å². The van der Waals surface area contributed by atoms with Crippen molar-refractivity contribution in [3.63, 3.8) is 0 Å². The average Bonchev–Trinajstić information content (AvgIpc) is 3.26. The fraction of sp³-hybridized carbons (Fsp3) is 0.750. The van der Waals surface area contributed by atoms with Crippen LogP contribution in [0, 0.1) is 5.92 Å². The number of hydrogen-bond acceptors (Lipinski definition) is 4. The van der Waals surface area contributed by atoms with E-state index in [1.54, 1.807) is 6.33 Å². The molecule has 1 spiro atoms. The summed E-state index contributed by atoms with van der Waals surface area (Å²) in [6, 6.07) is 0.0375. The van der Waals surface area contributed by atoms with Crippen molar-refractivity contribution in [3.05, 3.63) is 17.7 Å². The first-order chi connectivity index (χ1) is 13.1. The van der Waals surface area contributed by atoms with Crippen LogP contribution in [0.1, 0.15) is 49.9 Å². The molecule has 146 valence electrons. The van der Waals surface area contributed by atoms with Crippen LogP contribution in [0.25, 0.3) is 0 Å². The highest BCUT2D eigenvalue weighted by atomic mass is 16.2. The SMILES string of the molecule is CN1CCC[C@H]1C(=O)N1CCC2(CC1)c1nc[nH]c1CCN2C(=O)C1CC1. The molecule has 3 aliphatic heterocycles. The topological polar surface area (TPSA) is 72.5 Å². The highest BCUT2D eigenvalue weighted by molar-refractivity contribution is 5.83. The van der Waals surface area contributed by atoms with Crippen LogP contribution in [-0.4, -0.2) is 75.8 Å². The molecule has 2 saturated heterocycles. The van der Waals surface area contributed by atoms with Gasteiger partial charge in [-0.25, -0.2) is 4.98 Å². The number of nitrogens with one attached hydrogen (secondary N) is 1. The Morgan fingerprint density at radius 2 is 1.89 bits per heavy atom. The number of imidazole rings is 1. The second kappa shape index (κ2) is 6.33. The number of likely N-dealkylation sites (tertiary alicyclic amines) is 2. The zero-order valence-electron chi connectivity index (χ0n) is 16.1. The molecule has 0 aromatic carbocycles. The summed E-state index contributed by atoms with van der Waals surface area (Å²) in [5.74, 6) is 0.788. The third-order valence-electron chi connectivity index (χ3n) is 7.16. The quantitative estimate of drug-likeness (QED) is 0.846. The second-order valence-corrected chi connectivity index (χ2v) is 8.74. The number of nitrogens with zero attached hydrogens (tertiary/aromatic N) is 4. The van der Waals surface area contributed by atoms with Crippen molar-refractivity contribution in [1.82, 2.24) is 24.7 Å². The monoisotopic (exact) mass is 371 g/mol. The lowest BCUT2D eigenvalue weighted by Gasteiger charge is -2.51. The van der Waals surface area contributed by atoms with Crippen LogP contribution >= 0.6 is 0 Å². The number of likely N-dealkylation sites (N-methyl/N-ethyl adjacent to an activating group) is 1. The van der Waals surface area contributed by atoms with E-state index in [0.29, 0.717) is 19.0 Å². The number of aromatic amines is 1. The van der Waals surface area contributed by atoms with E-state index in [-0.39, 0.29) is 23.4 Å². The lowest BCUT2D eigenvalue weighted by atomic mass is 9.78. The minimum atomic E-state index is -0.328. The molecule has 1 atom stereocenters. The van der Waals surface area contributed by atoms with Crippen molar-refractivity contribution in [2.24, 2.45) is 5.92 Å². The van der Waals surface area contributed by atoms with E-state index >= 15 is 0 Å². The molecule has 1 aromatic heterocycles. The molecule has 7 nitrogen and oxygen atoms in total. The lowest BCUT2D eigenvalue weighted by Crippen LogP contribution is -2.60. The normalized spacial score (nSPS) is 27.8. The van der Waals surface area contributed by atoms with Crippen LogP contribution in [0.15, 0.2) is 6.33 Å². The average molecular weight is 371 g/mol. The van der Waals surface area contributed by atoms with Crippen molar-refractivity contribution >= 4 is 11.8 Å². The van der Waals surface area contributed by atoms with E-state index in [9.17, 15) is 9.59 Å². The van der Waals surface area contributed by atoms with Gasteiger partial charge in [-0.05, 0) is 52.1 Å². The van der Waals surface area contributed by atoms with E-state index in [1.807, 2.05) is 11.9 Å². The van der Waals surface area contributed by atoms with Gasteiger partial charge in [-0.1, -0.05) is 0 Å². The smallest absolute Gasteiger partial charge is 0.239 e. The summed E-state index contributed by atoms with van der Waals surface area (Å²) >= 11 is 0. The van der Waals surface area contributed by atoms with Gasteiger partial charge in [-0.15, -0.1) is 0 Å². The summed E-state index contributed by atoms with van der Waals surface area (Å²) in [6.07, 6.45) is 8.33. The predicted molar refractivity (Wildman–Crippen MR) is 99.9 cm³/mol. The molecule has 0 bridgehead atoms. The Morgan fingerprint density at radius 1 is 1.11 bits per heavy atom. The third kappa shape index (κ3) is 2.70. The first kappa shape index (κ1) is 17.2. The molecule has 5 rings (SSSR count). The fourth-order valence-electron chi connectivity index (χ4n) is 5.39. The molecular weight excluding hydrogens is 342 g/mol. The van der Waals surface area contributed by atoms with Gasteiger partial charge in [0.25, 0.3) is 0 Å². The number of carbonyl (C=O) groups is 2. The molecule has 1 aliphatic carbocycles. The Hall–Kier alpha value is -1.89. The highest BCUT2D eigenvalue weighted by Crippen LogP contribution is 2.45. The van der Waals surface area contributed by atoms with E-state index in [1.165, 1.54) is 5.69 Å². The number of amides is 2. The molecule has 3 fully saturated rings. The van der Waals surface area contributed by atoms with Crippen LogP contribution in [0.5, 0.6) is 0 Å². The molecule has 0 radical (unpaired) electrons. The lowest BCUT2D eigenvalue weighted by molar-refractivity contribution is -0.146. The number of aromatic nitrogens is 2. The Labute approximate surface area is 160 Å². The fourth-order valence-corrected chi connectivity index (χ4v) is 5.39. The highest BCUT2D eigenvalue weighted by Gasteiger charge is 2.51. The van der Waals surface area contributed by atoms with Crippen LogP contribution in [0.2, 0.25) is 0 Å². The summed E-state index contributed by atoms with van der Waals surface area (Å²) in [5.41, 5.74) is 1.89. The molecule has 1 saturated carbocycles. The Balaban J connectivity index is 1.38. The first-order valence-corrected chi connectivity index (χ1v) is 10.4. The molecule has 1 N–H and O–H groups in total. The Bertz CT molecular complexity index is 747. The van der Waals surface area contributed by atoms with Gasteiger partial charge in [0.2, 0.25) is 11.8 Å². The standard InChI is InChI=1S/C20H29N5O2/c1-23-9-2-3-16(23)19(27)24-11-7-20(8-12-24)17-15(21-13-22-17)6-10-25(20)18(26)14-4-5-14/h13-14,16H,2-12H2,1H3,(H,21,22)/t16-/m0/s1. The molecular formula is C20H29N5O2. The molecule has 0 unspecified atom stereocenters. The molecule has 27 heavy (non-hydrogen) atoms. The van der Waals surface area contributed by atoms with Gasteiger partial charge in [0.05, 0.1) is 23.6 Å². The predicted octanol–water partition coefficient (Wildman–Crippen LogP) is 1.12. The van der Waals surface area contributed by atoms with Crippen molar-refractivity contribution in [2.45, 2.75) is 56.5 Å². The van der Waals surface area contributed by atoms with Gasteiger partial charge in [0.15, 0.2) is 0 Å². The van der Waals surface area contributed by atoms with Crippen LogP contribution < -0.4 is 0 Å². The van der Waals surface area contributed by atoms with Gasteiger partial charge in [0.1, 0.15) is 0 Å². The first-order valence-electron chi connectivity index (χ1n) is 10.4. The minimum Gasteiger partial charge on any atom is -0.348 e. The summed E-state index contributed by atoms with van der Waals surface area (Å²) in [5, 5.41) is 0. The van der Waals surface area contributed by atoms with Crippen molar-refractivity contribution in [3.8, 4) is 0 Å². The molecule has 4 aliphatic rings. The maximum absolute atomic E-state index is 13.0. The van der Waals surface area contributed by atoms with Crippen LogP contribution in [0.3, 0.4) is 0 Å². The number of H-pyrrole nitrogens is 1. The van der Waals surface area contributed by atoms with E-state index in [4.69, 9.17) is 0 Å². The van der Waals surface area contributed by atoms with Gasteiger partial charge >= 0.3 is 0 Å². The van der Waals surface area contributed by atoms with Gasteiger partial charge in [-0.2, -0.15) is 0 Å². The second-order valence-electron chi connectivity index (χ2n) is 8.74. The Kier molecular flexibility index (Phi) is 4.04. The van der Waals surface area contributed by atoms with E-state index in [0.717, 1.165) is 63.7 Å². The van der Waals surface area contributed by atoms with Crippen molar-refractivity contribution < 1.29 is 9.59 Å². The number of rotatable bonds is 2.